The number of nitrogens with two attached hydrogens (primary N) is 1. The van der Waals surface area contributed by atoms with Gasteiger partial charge in [0.25, 0.3) is 5.91 Å². The first kappa shape index (κ1) is 13.1. The van der Waals surface area contributed by atoms with Gasteiger partial charge in [-0.1, -0.05) is 22.0 Å². The minimum absolute atomic E-state index is 0.0421. The number of carbonyl (C=O) groups excluding carboxylic acids is 1. The lowest BCUT2D eigenvalue weighted by atomic mass is 10.1. The van der Waals surface area contributed by atoms with Crippen LogP contribution in [-0.2, 0) is 4.79 Å². The fourth-order valence-corrected chi connectivity index (χ4v) is 2.80. The maximum atomic E-state index is 11.3. The van der Waals surface area contributed by atoms with Crippen LogP contribution in [0.15, 0.2) is 22.0 Å². The lowest BCUT2D eigenvalue weighted by Gasteiger charge is -2.18. The number of benzene rings is 1. The van der Waals surface area contributed by atoms with Gasteiger partial charge in [-0.2, -0.15) is 0 Å². The number of rotatable bonds is 2. The van der Waals surface area contributed by atoms with E-state index in [1.807, 2.05) is 29.7 Å². The molecule has 0 saturated heterocycles. The van der Waals surface area contributed by atoms with E-state index in [1.54, 1.807) is 0 Å². The Morgan fingerprint density at radius 1 is 1.45 bits per heavy atom. The van der Waals surface area contributed by atoms with Crippen molar-refractivity contribution in [1.29, 1.82) is 0 Å². The predicted molar refractivity (Wildman–Crippen MR) is 83.7 cm³/mol. The van der Waals surface area contributed by atoms with E-state index >= 15 is 0 Å². The molecule has 1 aliphatic rings. The van der Waals surface area contributed by atoms with Gasteiger partial charge in [-0.05, 0) is 23.8 Å². The van der Waals surface area contributed by atoms with Crippen LogP contribution in [0.1, 0.15) is 11.3 Å². The van der Waals surface area contributed by atoms with Gasteiger partial charge in [0.05, 0.1) is 11.4 Å². The number of halogens is 1. The number of fused-ring (bicyclic) bond motifs is 1. The van der Waals surface area contributed by atoms with Crippen LogP contribution >= 0.6 is 27.3 Å². The zero-order chi connectivity index (χ0) is 14.1. The molecule has 0 saturated carbocycles. The number of hydrogen-bond acceptors (Lipinski definition) is 5. The van der Waals surface area contributed by atoms with E-state index in [2.05, 4.69) is 26.2 Å². The number of nitrogens with one attached hydrogen (secondary N) is 1. The molecule has 0 radical (unpaired) electrons. The Kier molecular flexibility index (Phi) is 3.45. The molecule has 2 heterocycles. The molecule has 3 rings (SSSR count). The van der Waals surface area contributed by atoms with Gasteiger partial charge >= 0.3 is 0 Å². The minimum Gasteiger partial charge on any atom is -0.482 e. The van der Waals surface area contributed by atoms with Gasteiger partial charge in [0.15, 0.2) is 11.7 Å². The van der Waals surface area contributed by atoms with Crippen LogP contribution < -0.4 is 15.8 Å². The fourth-order valence-electron chi connectivity index (χ4n) is 1.80. The first-order valence-electron chi connectivity index (χ1n) is 5.77. The van der Waals surface area contributed by atoms with E-state index in [0.29, 0.717) is 16.6 Å². The van der Waals surface area contributed by atoms with Gasteiger partial charge in [0.1, 0.15) is 5.75 Å². The molecule has 102 valence electrons. The van der Waals surface area contributed by atoms with Crippen LogP contribution in [0.25, 0.3) is 12.2 Å². The third-order valence-corrected chi connectivity index (χ3v) is 4.08. The van der Waals surface area contributed by atoms with Crippen molar-refractivity contribution in [3.63, 3.8) is 0 Å². The maximum Gasteiger partial charge on any atom is 0.262 e. The Morgan fingerprint density at radius 2 is 2.30 bits per heavy atom. The van der Waals surface area contributed by atoms with Gasteiger partial charge < -0.3 is 15.8 Å². The summed E-state index contributed by atoms with van der Waals surface area (Å²) in [5, 5.41) is 5.19. The van der Waals surface area contributed by atoms with Gasteiger partial charge in [0, 0.05) is 9.85 Å². The largest absolute Gasteiger partial charge is 0.482 e. The summed E-state index contributed by atoms with van der Waals surface area (Å²) in [6, 6.07) is 3.69. The van der Waals surface area contributed by atoms with E-state index < -0.39 is 0 Å². The summed E-state index contributed by atoms with van der Waals surface area (Å²) in [5.41, 5.74) is 8.00. The number of hydrogen-bond donors (Lipinski definition) is 2. The zero-order valence-electron chi connectivity index (χ0n) is 10.2. The molecule has 0 unspecified atom stereocenters. The molecule has 2 aromatic rings. The highest BCUT2D eigenvalue weighted by Crippen LogP contribution is 2.34. The Labute approximate surface area is 127 Å². The predicted octanol–water partition coefficient (Wildman–Crippen LogP) is 2.99. The zero-order valence-corrected chi connectivity index (χ0v) is 12.6. The molecule has 0 spiro atoms. The van der Waals surface area contributed by atoms with Crippen LogP contribution in [-0.4, -0.2) is 17.5 Å². The van der Waals surface area contributed by atoms with Gasteiger partial charge in [0.2, 0.25) is 0 Å². The molecule has 7 heteroatoms. The van der Waals surface area contributed by atoms with E-state index in [9.17, 15) is 4.79 Å². The van der Waals surface area contributed by atoms with Crippen molar-refractivity contribution >= 4 is 56.1 Å². The first-order chi connectivity index (χ1) is 9.61. The molecule has 1 aromatic carbocycles. The first-order valence-corrected chi connectivity index (χ1v) is 7.44. The molecule has 3 N–H and O–H groups in total. The van der Waals surface area contributed by atoms with Crippen LogP contribution in [0.4, 0.5) is 10.8 Å². The van der Waals surface area contributed by atoms with Gasteiger partial charge in [-0.25, -0.2) is 4.98 Å². The Morgan fingerprint density at radius 3 is 3.05 bits per heavy atom. The Bertz CT molecular complexity index is 712. The van der Waals surface area contributed by atoms with Crippen molar-refractivity contribution in [2.75, 3.05) is 17.7 Å². The van der Waals surface area contributed by atoms with Gasteiger partial charge in [-0.3, -0.25) is 4.79 Å². The highest BCUT2D eigenvalue weighted by molar-refractivity contribution is 9.10. The number of amides is 1. The topological polar surface area (TPSA) is 77.2 Å². The number of aromatic nitrogens is 1. The second kappa shape index (κ2) is 5.26. The van der Waals surface area contributed by atoms with Crippen molar-refractivity contribution in [1.82, 2.24) is 4.98 Å². The normalized spacial score (nSPS) is 13.9. The highest BCUT2D eigenvalue weighted by Gasteiger charge is 2.17. The average Bonchev–Trinajstić information content (AvgIpc) is 2.82. The summed E-state index contributed by atoms with van der Waals surface area (Å²) in [5.74, 6) is 0.510. The molecule has 0 aliphatic carbocycles. The van der Waals surface area contributed by atoms with Crippen LogP contribution in [0.5, 0.6) is 5.75 Å². The highest BCUT2D eigenvalue weighted by atomic mass is 79.9. The standard InChI is InChI=1S/C13H10BrN3O2S/c14-9-4-10-11(19-5-12(18)17-10)3-7(9)1-2-8-6-20-13(15)16-8/h1-4,6H,5H2,(H2,15,16)(H,17,18). The Balaban J connectivity index is 1.90. The molecule has 5 nitrogen and oxygen atoms in total. The summed E-state index contributed by atoms with van der Waals surface area (Å²) in [6.45, 7) is 0.0421. The number of ether oxygens (including phenoxy) is 1. The molecule has 0 fully saturated rings. The summed E-state index contributed by atoms with van der Waals surface area (Å²) >= 11 is 4.87. The molecule has 1 amide bonds. The van der Waals surface area contributed by atoms with E-state index in [4.69, 9.17) is 10.5 Å². The van der Waals surface area contributed by atoms with E-state index in [-0.39, 0.29) is 12.5 Å². The second-order valence-electron chi connectivity index (χ2n) is 4.15. The number of nitrogen functional groups attached to an aromatic ring is 1. The van der Waals surface area contributed by atoms with E-state index in [1.165, 1.54) is 11.3 Å². The van der Waals surface area contributed by atoms with Crippen molar-refractivity contribution < 1.29 is 9.53 Å². The summed E-state index contributed by atoms with van der Waals surface area (Å²) < 4.78 is 6.25. The average molecular weight is 352 g/mol. The van der Waals surface area contributed by atoms with Crippen molar-refractivity contribution in [2.45, 2.75) is 0 Å². The van der Waals surface area contributed by atoms with Crippen molar-refractivity contribution in [3.8, 4) is 5.75 Å². The van der Waals surface area contributed by atoms with Crippen LogP contribution in [0.3, 0.4) is 0 Å². The molecule has 20 heavy (non-hydrogen) atoms. The fraction of sp³-hybridized carbons (Fsp3) is 0.0769. The maximum absolute atomic E-state index is 11.3. The molecular weight excluding hydrogens is 342 g/mol. The third-order valence-electron chi connectivity index (χ3n) is 2.71. The number of carbonyl (C=O) groups is 1. The molecule has 0 bridgehead atoms. The quantitative estimate of drug-likeness (QED) is 0.871. The Hall–Kier alpha value is -1.86. The number of thiazole rings is 1. The van der Waals surface area contributed by atoms with Crippen LogP contribution in [0.2, 0.25) is 0 Å². The van der Waals surface area contributed by atoms with E-state index in [0.717, 1.165) is 15.7 Å². The SMILES string of the molecule is Nc1nc(C=Cc2cc3c(cc2Br)NC(=O)CO3)cs1. The van der Waals surface area contributed by atoms with Crippen molar-refractivity contribution in [2.24, 2.45) is 0 Å². The smallest absolute Gasteiger partial charge is 0.262 e. The summed E-state index contributed by atoms with van der Waals surface area (Å²) in [7, 11) is 0. The van der Waals surface area contributed by atoms with Crippen LogP contribution in [0, 0.1) is 0 Å². The summed E-state index contributed by atoms with van der Waals surface area (Å²) in [6.07, 6.45) is 3.79. The lowest BCUT2D eigenvalue weighted by molar-refractivity contribution is -0.118. The van der Waals surface area contributed by atoms with Crippen molar-refractivity contribution in [3.05, 3.63) is 33.2 Å². The lowest BCUT2D eigenvalue weighted by Crippen LogP contribution is -2.25. The third kappa shape index (κ3) is 2.68. The second-order valence-corrected chi connectivity index (χ2v) is 5.89. The minimum atomic E-state index is -0.148. The molecular formula is C13H10BrN3O2S. The monoisotopic (exact) mass is 351 g/mol. The van der Waals surface area contributed by atoms with Gasteiger partial charge in [-0.15, -0.1) is 11.3 Å². The molecule has 0 atom stereocenters. The molecule has 1 aromatic heterocycles. The summed E-state index contributed by atoms with van der Waals surface area (Å²) in [4.78, 5) is 15.4. The number of anilines is 2. The molecule has 1 aliphatic heterocycles. The number of nitrogens with zero attached hydrogens (tertiary/aromatic N) is 1.